The molecular weight excluding hydrogens is 877 g/mol. The molecule has 0 bridgehead atoms. The van der Waals surface area contributed by atoms with Crippen LogP contribution >= 0.6 is 0 Å². The summed E-state index contributed by atoms with van der Waals surface area (Å²) in [5.41, 5.74) is 0. The van der Waals surface area contributed by atoms with Crippen LogP contribution in [0.3, 0.4) is 0 Å². The highest BCUT2D eigenvalue weighted by Crippen LogP contribution is 2.12. The zero-order valence-corrected chi connectivity index (χ0v) is 45.4. The van der Waals surface area contributed by atoms with Crippen molar-refractivity contribution in [2.45, 2.75) is 232 Å². The number of unbranched alkanes of at least 4 members (excludes halogenated alkanes) is 14. The third-order valence-corrected chi connectivity index (χ3v) is 11.3. The van der Waals surface area contributed by atoms with E-state index in [0.717, 1.165) is 161 Å². The predicted molar refractivity (Wildman–Crippen MR) is 306 cm³/mol. The molecule has 0 aromatic heterocycles. The fraction of sp³-hybridized carbons (Fsp3) is 0.585. The van der Waals surface area contributed by atoms with E-state index in [4.69, 9.17) is 14.2 Å². The maximum atomic E-state index is 12.8. The molecule has 0 fully saturated rings. The summed E-state index contributed by atoms with van der Waals surface area (Å²) >= 11 is 0. The zero-order valence-electron chi connectivity index (χ0n) is 45.4. The van der Waals surface area contributed by atoms with Gasteiger partial charge in [0.15, 0.2) is 6.10 Å². The van der Waals surface area contributed by atoms with Gasteiger partial charge in [0, 0.05) is 19.3 Å². The lowest BCUT2D eigenvalue weighted by Gasteiger charge is -2.18. The third kappa shape index (κ3) is 56.1. The predicted octanol–water partition coefficient (Wildman–Crippen LogP) is 19.2. The molecule has 0 aliphatic carbocycles. The van der Waals surface area contributed by atoms with E-state index < -0.39 is 6.10 Å². The minimum atomic E-state index is -0.820. The summed E-state index contributed by atoms with van der Waals surface area (Å²) in [6.45, 7) is 6.30. The van der Waals surface area contributed by atoms with Crippen molar-refractivity contribution in [2.24, 2.45) is 0 Å². The fourth-order valence-corrected chi connectivity index (χ4v) is 7.11. The molecule has 0 unspecified atom stereocenters. The highest BCUT2D eigenvalue weighted by atomic mass is 16.6. The normalized spacial score (nSPS) is 12.8. The lowest BCUT2D eigenvalue weighted by molar-refractivity contribution is -0.167. The highest BCUT2D eigenvalue weighted by molar-refractivity contribution is 5.71. The van der Waals surface area contributed by atoms with Gasteiger partial charge in [-0.2, -0.15) is 0 Å². The van der Waals surface area contributed by atoms with E-state index in [1.807, 2.05) is 0 Å². The monoisotopic (exact) mass is 979 g/mol. The lowest BCUT2D eigenvalue weighted by Crippen LogP contribution is -2.30. The van der Waals surface area contributed by atoms with Gasteiger partial charge in [-0.3, -0.25) is 14.4 Å². The molecule has 0 aromatic carbocycles. The van der Waals surface area contributed by atoms with E-state index in [1.165, 1.54) is 25.7 Å². The van der Waals surface area contributed by atoms with Crippen LogP contribution in [0.25, 0.3) is 0 Å². The van der Waals surface area contributed by atoms with Gasteiger partial charge >= 0.3 is 17.9 Å². The van der Waals surface area contributed by atoms with E-state index in [1.54, 1.807) is 0 Å². The second-order valence-corrected chi connectivity index (χ2v) is 18.1. The molecule has 0 aliphatic rings. The maximum Gasteiger partial charge on any atom is 0.306 e. The number of hydrogen-bond acceptors (Lipinski definition) is 6. The van der Waals surface area contributed by atoms with Crippen LogP contribution in [0.5, 0.6) is 0 Å². The summed E-state index contributed by atoms with van der Waals surface area (Å²) in [5.74, 6) is -1.00. The summed E-state index contributed by atoms with van der Waals surface area (Å²) < 4.78 is 16.8. The molecule has 0 radical (unpaired) electrons. The van der Waals surface area contributed by atoms with Crippen molar-refractivity contribution in [3.8, 4) is 0 Å². The number of hydrogen-bond donors (Lipinski definition) is 0. The number of esters is 3. The molecule has 0 spiro atoms. The Balaban J connectivity index is 4.56. The zero-order chi connectivity index (χ0) is 51.4. The summed E-state index contributed by atoms with van der Waals surface area (Å²) in [7, 11) is 0. The molecule has 0 atom stereocenters. The topological polar surface area (TPSA) is 78.9 Å². The Hall–Kier alpha value is -4.71. The van der Waals surface area contributed by atoms with Crippen LogP contribution in [0.4, 0.5) is 0 Å². The minimum absolute atomic E-state index is 0.118. The van der Waals surface area contributed by atoms with Gasteiger partial charge in [0.2, 0.25) is 0 Å². The Kier molecular flexibility index (Phi) is 54.0. The van der Waals surface area contributed by atoms with Crippen molar-refractivity contribution in [3.63, 3.8) is 0 Å². The highest BCUT2D eigenvalue weighted by Gasteiger charge is 2.19. The van der Waals surface area contributed by atoms with E-state index in [-0.39, 0.29) is 31.1 Å². The average Bonchev–Trinajstić information content (AvgIpc) is 3.37. The van der Waals surface area contributed by atoms with E-state index in [2.05, 4.69) is 167 Å². The molecule has 71 heavy (non-hydrogen) atoms. The van der Waals surface area contributed by atoms with Crippen LogP contribution in [0.1, 0.15) is 226 Å². The summed E-state index contributed by atoms with van der Waals surface area (Å²) in [6, 6.07) is 0. The number of carbonyl (C=O) groups is 3. The molecular formula is C65H102O6. The lowest BCUT2D eigenvalue weighted by atomic mass is 10.1. The van der Waals surface area contributed by atoms with Gasteiger partial charge in [-0.15, -0.1) is 0 Å². The standard InChI is InChI=1S/C65H102O6/c1-4-7-10-13-16-19-22-25-28-30-32-34-37-39-42-45-48-51-54-57-63(66)69-60-62(71-65(68)59-56-53-50-47-44-41-36-27-24-21-18-15-12-9-6-3)61-70-64(67)58-55-52-49-46-43-40-38-35-33-31-29-26-23-20-17-14-11-8-5-2/h7-8,10-11,16-21,25-29,32-36,39-40,42-43,62H,4-6,9,12-15,22-24,30-31,37-38,41,44-61H2,1-3H3/b10-7-,11-8-,19-16-,20-17-,21-18-,28-25-,29-26-,34-32-,35-33-,36-27-,42-39-,43-40-. The largest absolute Gasteiger partial charge is 0.462 e. The van der Waals surface area contributed by atoms with E-state index in [9.17, 15) is 14.4 Å². The van der Waals surface area contributed by atoms with Gasteiger partial charge in [-0.1, -0.05) is 212 Å². The molecule has 398 valence electrons. The fourth-order valence-electron chi connectivity index (χ4n) is 7.11. The van der Waals surface area contributed by atoms with Crippen LogP contribution in [-0.4, -0.2) is 37.2 Å². The third-order valence-electron chi connectivity index (χ3n) is 11.3. The van der Waals surface area contributed by atoms with Crippen LogP contribution in [0.2, 0.25) is 0 Å². The van der Waals surface area contributed by atoms with Crippen molar-refractivity contribution in [3.05, 3.63) is 146 Å². The molecule has 0 saturated heterocycles. The van der Waals surface area contributed by atoms with Crippen LogP contribution in [0, 0.1) is 0 Å². The van der Waals surface area contributed by atoms with Crippen LogP contribution in [0.15, 0.2) is 146 Å². The molecule has 0 N–H and O–H groups in total. The van der Waals surface area contributed by atoms with Gasteiger partial charge in [-0.05, 0) is 141 Å². The SMILES string of the molecule is CC/C=C\C/C=C\C/C=C\C/C=C\C/C=C\CCCCCC(=O)OCC(COC(=O)CCCCC/C=C\C/C=C\C/C=C\C/C=C\C/C=C\CC)OC(=O)CCCCCCC/C=C\C/C=C\CCCCC. The summed E-state index contributed by atoms with van der Waals surface area (Å²) in [6.07, 6.45) is 82.6. The first-order valence-electron chi connectivity index (χ1n) is 28.3. The second kappa shape index (κ2) is 57.9. The van der Waals surface area contributed by atoms with Gasteiger partial charge < -0.3 is 14.2 Å². The Morgan fingerprint density at radius 2 is 0.549 bits per heavy atom. The minimum Gasteiger partial charge on any atom is -0.462 e. The van der Waals surface area contributed by atoms with Crippen molar-refractivity contribution >= 4 is 17.9 Å². The molecule has 0 amide bonds. The first-order valence-corrected chi connectivity index (χ1v) is 28.3. The quantitative estimate of drug-likeness (QED) is 0.0262. The second-order valence-electron chi connectivity index (χ2n) is 18.1. The Labute approximate surface area is 436 Å². The van der Waals surface area contributed by atoms with E-state index >= 15 is 0 Å². The first kappa shape index (κ1) is 66.3. The molecule has 0 heterocycles. The molecule has 0 aromatic rings. The van der Waals surface area contributed by atoms with Gasteiger partial charge in [0.25, 0.3) is 0 Å². The van der Waals surface area contributed by atoms with Crippen LogP contribution in [-0.2, 0) is 28.6 Å². The van der Waals surface area contributed by atoms with Gasteiger partial charge in [-0.25, -0.2) is 0 Å². The first-order chi connectivity index (χ1) is 35.0. The summed E-state index contributed by atoms with van der Waals surface area (Å²) in [5, 5.41) is 0. The number of ether oxygens (including phenoxy) is 3. The average molecular weight is 980 g/mol. The molecule has 6 heteroatoms. The molecule has 0 saturated carbocycles. The Morgan fingerprint density at radius 1 is 0.296 bits per heavy atom. The van der Waals surface area contributed by atoms with Gasteiger partial charge in [0.05, 0.1) is 0 Å². The molecule has 0 rings (SSSR count). The molecule has 6 nitrogen and oxygen atoms in total. The Morgan fingerprint density at radius 3 is 0.873 bits per heavy atom. The molecule has 0 aliphatic heterocycles. The van der Waals surface area contributed by atoms with Crippen molar-refractivity contribution in [2.75, 3.05) is 13.2 Å². The summed E-state index contributed by atoms with van der Waals surface area (Å²) in [4.78, 5) is 38.2. The van der Waals surface area contributed by atoms with E-state index in [0.29, 0.717) is 19.3 Å². The Bertz CT molecular complexity index is 1510. The number of rotatable bonds is 49. The number of carbonyl (C=O) groups excluding carboxylic acids is 3. The van der Waals surface area contributed by atoms with Gasteiger partial charge in [0.1, 0.15) is 13.2 Å². The van der Waals surface area contributed by atoms with Crippen molar-refractivity contribution < 1.29 is 28.6 Å². The van der Waals surface area contributed by atoms with Crippen molar-refractivity contribution in [1.82, 2.24) is 0 Å². The maximum absolute atomic E-state index is 12.8. The van der Waals surface area contributed by atoms with Crippen LogP contribution < -0.4 is 0 Å². The number of allylic oxidation sites excluding steroid dienone is 24. The van der Waals surface area contributed by atoms with Crippen molar-refractivity contribution in [1.29, 1.82) is 0 Å². The smallest absolute Gasteiger partial charge is 0.306 e.